The first-order valence-corrected chi connectivity index (χ1v) is 9.48. The number of aliphatic hydroxyl groups is 1. The van der Waals surface area contributed by atoms with Crippen molar-refractivity contribution in [2.45, 2.75) is 56.1 Å². The fourth-order valence-corrected chi connectivity index (χ4v) is 3.42. The Bertz CT molecular complexity index is 540. The van der Waals surface area contributed by atoms with E-state index in [1.54, 1.807) is 0 Å². The second-order valence-corrected chi connectivity index (χ2v) is 7.22. The van der Waals surface area contributed by atoms with Gasteiger partial charge in [0.2, 0.25) is 0 Å². The largest absolute Gasteiger partial charge is 0.393 e. The Hall–Kier alpha value is -0.830. The first-order valence-electron chi connectivity index (χ1n) is 8.12. The van der Waals surface area contributed by atoms with Crippen LogP contribution in [0, 0.1) is 0 Å². The molecule has 1 heterocycles. The molecule has 0 spiro atoms. The van der Waals surface area contributed by atoms with Crippen molar-refractivity contribution >= 4 is 34.9 Å². The lowest BCUT2D eigenvalue weighted by Crippen LogP contribution is -2.22. The molecule has 1 saturated carbocycles. The summed E-state index contributed by atoms with van der Waals surface area (Å²) < 4.78 is 18.5. The van der Waals surface area contributed by atoms with Gasteiger partial charge in [-0.2, -0.15) is 0 Å². The third-order valence-corrected chi connectivity index (χ3v) is 5.09. The summed E-state index contributed by atoms with van der Waals surface area (Å²) in [5, 5.41) is 12.8. The molecule has 0 radical (unpaired) electrons. The van der Waals surface area contributed by atoms with Crippen LogP contribution in [0.4, 0.5) is 15.9 Å². The van der Waals surface area contributed by atoms with Gasteiger partial charge in [0.25, 0.3) is 0 Å². The molecule has 9 heteroatoms. The number of aromatic nitrogens is 2. The number of halogens is 2. The summed E-state index contributed by atoms with van der Waals surface area (Å²) >= 11 is 7.63. The number of aliphatic hydroxyl groups excluding tert-OH is 1. The molecule has 0 bridgehead atoms. The van der Waals surface area contributed by atoms with Gasteiger partial charge in [0.1, 0.15) is 11.9 Å². The van der Waals surface area contributed by atoms with Crippen molar-refractivity contribution in [2.75, 3.05) is 30.0 Å². The van der Waals surface area contributed by atoms with E-state index < -0.39 is 12.8 Å². The number of nitrogens with one attached hydrogen (secondary N) is 1. The molecule has 24 heavy (non-hydrogen) atoms. The topological polar surface area (TPSA) is 93.3 Å². The molecule has 136 valence electrons. The lowest BCUT2D eigenvalue weighted by atomic mass is 10.2. The Morgan fingerprint density at radius 3 is 3.00 bits per heavy atom. The predicted molar refractivity (Wildman–Crippen MR) is 95.5 cm³/mol. The van der Waals surface area contributed by atoms with Crippen molar-refractivity contribution < 1.29 is 14.2 Å². The summed E-state index contributed by atoms with van der Waals surface area (Å²) in [7, 11) is 0. The highest BCUT2D eigenvalue weighted by Gasteiger charge is 2.27. The average Bonchev–Trinajstić information content (AvgIpc) is 3.02. The summed E-state index contributed by atoms with van der Waals surface area (Å²) in [6, 6.07) is 0.138. The molecule has 6 nitrogen and oxygen atoms in total. The predicted octanol–water partition coefficient (Wildman–Crippen LogP) is 2.89. The number of hydrogen-bond acceptors (Lipinski definition) is 7. The Morgan fingerprint density at radius 1 is 1.50 bits per heavy atom. The van der Waals surface area contributed by atoms with Gasteiger partial charge < -0.3 is 20.9 Å². The van der Waals surface area contributed by atoms with Crippen molar-refractivity contribution in [3.05, 3.63) is 5.15 Å². The van der Waals surface area contributed by atoms with Crippen molar-refractivity contribution in [3.63, 3.8) is 0 Å². The number of rotatable bonds is 9. The molecule has 1 aromatic heterocycles. The number of nitrogens with two attached hydrogens (primary N) is 1. The van der Waals surface area contributed by atoms with Gasteiger partial charge in [-0.25, -0.2) is 14.4 Å². The number of anilines is 2. The van der Waals surface area contributed by atoms with Gasteiger partial charge in [0.15, 0.2) is 16.1 Å². The highest BCUT2D eigenvalue weighted by molar-refractivity contribution is 7.99. The van der Waals surface area contributed by atoms with Gasteiger partial charge in [0.05, 0.1) is 19.3 Å². The molecule has 1 aliphatic carbocycles. The van der Waals surface area contributed by atoms with E-state index in [1.165, 1.54) is 11.8 Å². The van der Waals surface area contributed by atoms with Gasteiger partial charge in [-0.1, -0.05) is 30.3 Å². The summed E-state index contributed by atoms with van der Waals surface area (Å²) in [5.41, 5.74) is 6.31. The van der Waals surface area contributed by atoms with Crippen LogP contribution >= 0.6 is 23.4 Å². The third-order valence-electron chi connectivity index (χ3n) is 3.75. The van der Waals surface area contributed by atoms with E-state index in [4.69, 9.17) is 27.2 Å². The fraction of sp³-hybridized carbons (Fsp3) is 0.733. The molecular formula is C15H24ClFN4O2S. The number of alkyl halides is 1. The lowest BCUT2D eigenvalue weighted by Gasteiger charge is -2.17. The fourth-order valence-electron chi connectivity index (χ4n) is 2.50. The first kappa shape index (κ1) is 19.5. The normalized spacial score (nSPS) is 21.8. The molecule has 2 rings (SSSR count). The van der Waals surface area contributed by atoms with Crippen LogP contribution in [0.3, 0.4) is 0 Å². The van der Waals surface area contributed by atoms with Gasteiger partial charge >= 0.3 is 0 Å². The molecule has 0 aliphatic heterocycles. The smallest absolute Gasteiger partial charge is 0.191 e. The zero-order valence-corrected chi connectivity index (χ0v) is 15.2. The minimum Gasteiger partial charge on any atom is -0.393 e. The van der Waals surface area contributed by atoms with Crippen LogP contribution in [-0.4, -0.2) is 52.4 Å². The van der Waals surface area contributed by atoms with Gasteiger partial charge in [-0.15, -0.1) is 0 Å². The summed E-state index contributed by atoms with van der Waals surface area (Å²) in [6.45, 7) is 1.50. The maximum Gasteiger partial charge on any atom is 0.191 e. The van der Waals surface area contributed by atoms with E-state index in [2.05, 4.69) is 22.2 Å². The number of ether oxygens (including phenoxy) is 1. The second-order valence-electron chi connectivity index (χ2n) is 5.80. The van der Waals surface area contributed by atoms with Crippen LogP contribution in [0.2, 0.25) is 5.15 Å². The van der Waals surface area contributed by atoms with Crippen LogP contribution in [0.25, 0.3) is 0 Å². The van der Waals surface area contributed by atoms with E-state index in [-0.39, 0.29) is 23.9 Å². The van der Waals surface area contributed by atoms with Crippen LogP contribution < -0.4 is 11.1 Å². The minimum atomic E-state index is -1.33. The van der Waals surface area contributed by atoms with Crippen LogP contribution in [0.1, 0.15) is 32.6 Å². The molecule has 4 N–H and O–H groups in total. The SMILES string of the molecule is CCCSc1nc(Cl)c(N)c(NC2CCC(OCC(F)CO)C2)n1. The lowest BCUT2D eigenvalue weighted by molar-refractivity contribution is 0.00628. The monoisotopic (exact) mass is 378 g/mol. The standard InChI is InChI=1S/C15H24ClFN4O2S/c1-2-5-24-15-20-13(16)12(18)14(21-15)19-10-3-4-11(6-10)23-8-9(17)7-22/h9-11,22H,2-8,18H2,1H3,(H,19,20,21). The van der Waals surface area contributed by atoms with Crippen molar-refractivity contribution in [1.82, 2.24) is 9.97 Å². The molecule has 0 saturated heterocycles. The average molecular weight is 379 g/mol. The maximum absolute atomic E-state index is 13.0. The number of hydrogen-bond donors (Lipinski definition) is 3. The molecule has 1 aromatic rings. The molecule has 3 atom stereocenters. The highest BCUT2D eigenvalue weighted by atomic mass is 35.5. The summed E-state index contributed by atoms with van der Waals surface area (Å²) in [6.07, 6.45) is 2.09. The van der Waals surface area contributed by atoms with E-state index in [0.29, 0.717) is 16.7 Å². The molecule has 1 aliphatic rings. The van der Waals surface area contributed by atoms with E-state index in [9.17, 15) is 4.39 Å². The minimum absolute atomic E-state index is 0.0280. The zero-order chi connectivity index (χ0) is 17.5. The Morgan fingerprint density at radius 2 is 2.29 bits per heavy atom. The summed E-state index contributed by atoms with van der Waals surface area (Å²) in [5.74, 6) is 1.45. The summed E-state index contributed by atoms with van der Waals surface area (Å²) in [4.78, 5) is 8.62. The van der Waals surface area contributed by atoms with Crippen LogP contribution in [0.5, 0.6) is 0 Å². The highest BCUT2D eigenvalue weighted by Crippen LogP contribution is 2.31. The quantitative estimate of drug-likeness (QED) is 0.345. The van der Waals surface area contributed by atoms with Gasteiger partial charge in [0, 0.05) is 11.8 Å². The molecule has 1 fully saturated rings. The second kappa shape index (κ2) is 9.60. The molecular weight excluding hydrogens is 355 g/mol. The first-order chi connectivity index (χ1) is 11.5. The Kier molecular flexibility index (Phi) is 7.80. The van der Waals surface area contributed by atoms with Crippen molar-refractivity contribution in [3.8, 4) is 0 Å². The third kappa shape index (κ3) is 5.61. The van der Waals surface area contributed by atoms with Crippen molar-refractivity contribution in [2.24, 2.45) is 0 Å². The van der Waals surface area contributed by atoms with E-state index in [0.717, 1.165) is 31.4 Å². The maximum atomic E-state index is 13.0. The van der Waals surface area contributed by atoms with E-state index in [1.807, 2.05) is 0 Å². The van der Waals surface area contributed by atoms with E-state index >= 15 is 0 Å². The molecule has 0 aromatic carbocycles. The van der Waals surface area contributed by atoms with Gasteiger partial charge in [-0.05, 0) is 25.7 Å². The number of nitrogens with zero attached hydrogens (tertiary/aromatic N) is 2. The Balaban J connectivity index is 1.92. The molecule has 0 amide bonds. The number of thioether (sulfide) groups is 1. The van der Waals surface area contributed by atoms with Gasteiger partial charge in [-0.3, -0.25) is 0 Å². The van der Waals surface area contributed by atoms with Crippen LogP contribution in [-0.2, 0) is 4.74 Å². The Labute approximate surface area is 150 Å². The van der Waals surface area contributed by atoms with Crippen molar-refractivity contribution in [1.29, 1.82) is 0 Å². The number of nitrogen functional groups attached to an aromatic ring is 1. The zero-order valence-electron chi connectivity index (χ0n) is 13.7. The molecule has 3 unspecified atom stereocenters. The van der Waals surface area contributed by atoms with Crippen LogP contribution in [0.15, 0.2) is 5.16 Å².